The highest BCUT2D eigenvalue weighted by molar-refractivity contribution is 5.89. The van der Waals surface area contributed by atoms with Crippen molar-refractivity contribution in [1.82, 2.24) is 0 Å². The molecule has 7 aromatic rings. The Labute approximate surface area is 302 Å². The van der Waals surface area contributed by atoms with Gasteiger partial charge in [-0.05, 0) is 135 Å². The van der Waals surface area contributed by atoms with Gasteiger partial charge in [0, 0.05) is 27.9 Å². The van der Waals surface area contributed by atoms with E-state index in [-0.39, 0.29) is 10.8 Å². The van der Waals surface area contributed by atoms with Crippen molar-refractivity contribution < 1.29 is 0 Å². The van der Waals surface area contributed by atoms with Crippen LogP contribution in [0.1, 0.15) is 61.1 Å². The molecule has 1 heteroatoms. The quantitative estimate of drug-likeness (QED) is 0.178. The Morgan fingerprint density at radius 1 is 0.333 bits per heavy atom. The summed E-state index contributed by atoms with van der Waals surface area (Å²) in [6.07, 6.45) is 0. The van der Waals surface area contributed by atoms with Gasteiger partial charge in [0.2, 0.25) is 0 Å². The largest absolute Gasteiger partial charge is 0.310 e. The summed E-state index contributed by atoms with van der Waals surface area (Å²) in [6.45, 7) is 13.8. The number of hydrogen-bond acceptors (Lipinski definition) is 1. The fraction of sp³-hybridized carbons (Fsp3) is 0.160. The van der Waals surface area contributed by atoms with Crippen molar-refractivity contribution in [3.8, 4) is 44.5 Å². The highest BCUT2D eigenvalue weighted by Crippen LogP contribution is 2.52. The molecule has 7 aromatic carbocycles. The van der Waals surface area contributed by atoms with E-state index >= 15 is 0 Å². The van der Waals surface area contributed by atoms with E-state index in [1.165, 1.54) is 77.9 Å². The van der Waals surface area contributed by atoms with Crippen LogP contribution in [-0.4, -0.2) is 0 Å². The van der Waals surface area contributed by atoms with Crippen molar-refractivity contribution >= 4 is 17.1 Å². The number of hydrogen-bond donors (Lipinski definition) is 0. The molecule has 0 N–H and O–H groups in total. The van der Waals surface area contributed by atoms with Crippen LogP contribution in [0.2, 0.25) is 0 Å². The minimum atomic E-state index is -0.0707. The molecule has 2 aliphatic carbocycles. The molecule has 0 fully saturated rings. The summed E-state index contributed by atoms with van der Waals surface area (Å²) in [7, 11) is 0. The van der Waals surface area contributed by atoms with Gasteiger partial charge < -0.3 is 4.90 Å². The van der Waals surface area contributed by atoms with E-state index in [0.717, 1.165) is 17.1 Å². The highest BCUT2D eigenvalue weighted by Gasteiger charge is 2.36. The Hall–Kier alpha value is -5.66. The van der Waals surface area contributed by atoms with Crippen LogP contribution in [-0.2, 0) is 10.8 Å². The summed E-state index contributed by atoms with van der Waals surface area (Å²) in [5.41, 5.74) is 21.7. The molecule has 0 bridgehead atoms. The summed E-state index contributed by atoms with van der Waals surface area (Å²) in [4.78, 5) is 2.41. The van der Waals surface area contributed by atoms with Crippen molar-refractivity contribution in [1.29, 1.82) is 0 Å². The zero-order valence-corrected chi connectivity index (χ0v) is 30.4. The van der Waals surface area contributed by atoms with Crippen molar-refractivity contribution in [2.24, 2.45) is 0 Å². The van der Waals surface area contributed by atoms with Gasteiger partial charge >= 0.3 is 0 Å². The highest BCUT2D eigenvalue weighted by atomic mass is 15.1. The molecule has 0 amide bonds. The van der Waals surface area contributed by atoms with Crippen molar-refractivity contribution in [2.75, 3.05) is 4.90 Å². The van der Waals surface area contributed by atoms with Gasteiger partial charge in [0.1, 0.15) is 0 Å². The second-order valence-electron chi connectivity index (χ2n) is 15.6. The average Bonchev–Trinajstić information content (AvgIpc) is 3.52. The van der Waals surface area contributed by atoms with Gasteiger partial charge in [-0.3, -0.25) is 0 Å². The van der Waals surface area contributed by atoms with Crippen LogP contribution in [0.3, 0.4) is 0 Å². The standard InChI is InChI=1S/C50H43N/c1-32-15-21-38(22-16-32)51(39-23-17-33(2)18-24-39)40-28-36(34-19-25-43-41-11-7-9-13-45(41)49(3,4)47(43)30-34)27-37(29-40)35-20-26-44-42-12-8-10-14-46(42)50(5,6)48(44)31-35/h7-31H,1-6H3. The lowest BCUT2D eigenvalue weighted by Crippen LogP contribution is -2.15. The average molecular weight is 658 g/mol. The number of aryl methyl sites for hydroxylation is 2. The first kappa shape index (κ1) is 31.3. The van der Waals surface area contributed by atoms with Crippen LogP contribution in [0.15, 0.2) is 152 Å². The van der Waals surface area contributed by atoms with E-state index in [4.69, 9.17) is 0 Å². The smallest absolute Gasteiger partial charge is 0.0473 e. The van der Waals surface area contributed by atoms with E-state index in [9.17, 15) is 0 Å². The van der Waals surface area contributed by atoms with Gasteiger partial charge in [0.05, 0.1) is 0 Å². The molecule has 0 spiro atoms. The van der Waals surface area contributed by atoms with Crippen LogP contribution >= 0.6 is 0 Å². The SMILES string of the molecule is Cc1ccc(N(c2ccc(C)cc2)c2cc(-c3ccc4c(c3)C(C)(C)c3ccccc3-4)cc(-c3ccc4c(c3)C(C)(C)c3ccccc3-4)c2)cc1. The zero-order valence-electron chi connectivity index (χ0n) is 30.4. The summed E-state index contributed by atoms with van der Waals surface area (Å²) in [5.74, 6) is 0. The molecular formula is C50H43N. The van der Waals surface area contributed by atoms with E-state index in [1.807, 2.05) is 0 Å². The number of benzene rings is 7. The van der Waals surface area contributed by atoms with E-state index in [1.54, 1.807) is 0 Å². The van der Waals surface area contributed by atoms with Crippen LogP contribution in [0.5, 0.6) is 0 Å². The van der Waals surface area contributed by atoms with E-state index in [2.05, 4.69) is 198 Å². The summed E-state index contributed by atoms with van der Waals surface area (Å²) in [5, 5.41) is 0. The first-order chi connectivity index (χ1) is 24.6. The molecule has 0 radical (unpaired) electrons. The first-order valence-corrected chi connectivity index (χ1v) is 18.2. The third-order valence-electron chi connectivity index (χ3n) is 11.6. The van der Waals surface area contributed by atoms with Gasteiger partial charge in [-0.2, -0.15) is 0 Å². The molecule has 0 atom stereocenters. The third kappa shape index (κ3) is 4.98. The molecule has 51 heavy (non-hydrogen) atoms. The molecule has 0 heterocycles. The van der Waals surface area contributed by atoms with Gasteiger partial charge in [-0.1, -0.05) is 136 Å². The zero-order chi connectivity index (χ0) is 35.1. The maximum absolute atomic E-state index is 2.45. The molecule has 2 aliphatic rings. The normalized spacial score (nSPS) is 14.4. The Kier molecular flexibility index (Phi) is 7.03. The first-order valence-electron chi connectivity index (χ1n) is 18.2. The monoisotopic (exact) mass is 657 g/mol. The predicted molar refractivity (Wildman–Crippen MR) is 217 cm³/mol. The second-order valence-corrected chi connectivity index (χ2v) is 15.6. The fourth-order valence-electron chi connectivity index (χ4n) is 8.68. The Morgan fingerprint density at radius 2 is 0.725 bits per heavy atom. The van der Waals surface area contributed by atoms with E-state index < -0.39 is 0 Å². The lowest BCUT2D eigenvalue weighted by molar-refractivity contribution is 0.660. The number of rotatable bonds is 5. The van der Waals surface area contributed by atoms with E-state index in [0.29, 0.717) is 0 Å². The van der Waals surface area contributed by atoms with Gasteiger partial charge in [0.15, 0.2) is 0 Å². The van der Waals surface area contributed by atoms with Crippen LogP contribution in [0.4, 0.5) is 17.1 Å². The molecule has 1 nitrogen and oxygen atoms in total. The molecule has 248 valence electrons. The van der Waals surface area contributed by atoms with Crippen molar-refractivity contribution in [2.45, 2.75) is 52.4 Å². The van der Waals surface area contributed by atoms with Gasteiger partial charge in [-0.15, -0.1) is 0 Å². The van der Waals surface area contributed by atoms with Crippen molar-refractivity contribution in [3.05, 3.63) is 185 Å². The summed E-state index contributed by atoms with van der Waals surface area (Å²) >= 11 is 0. The topological polar surface area (TPSA) is 3.24 Å². The van der Waals surface area contributed by atoms with Gasteiger partial charge in [-0.25, -0.2) is 0 Å². The second kappa shape index (κ2) is 11.4. The molecule has 0 saturated heterocycles. The van der Waals surface area contributed by atoms with Crippen molar-refractivity contribution in [3.63, 3.8) is 0 Å². The number of anilines is 3. The predicted octanol–water partition coefficient (Wildman–Crippen LogP) is 13.7. The van der Waals surface area contributed by atoms with Crippen LogP contribution in [0.25, 0.3) is 44.5 Å². The van der Waals surface area contributed by atoms with Crippen LogP contribution in [0, 0.1) is 13.8 Å². The molecule has 0 aromatic heterocycles. The maximum atomic E-state index is 2.45. The molecule has 0 saturated carbocycles. The maximum Gasteiger partial charge on any atom is 0.0473 e. The summed E-state index contributed by atoms with van der Waals surface area (Å²) in [6, 6.07) is 57.0. The lowest BCUT2D eigenvalue weighted by atomic mass is 9.81. The Balaban J connectivity index is 1.26. The fourth-order valence-corrected chi connectivity index (χ4v) is 8.68. The van der Waals surface area contributed by atoms with Gasteiger partial charge in [0.25, 0.3) is 0 Å². The minimum absolute atomic E-state index is 0.0707. The minimum Gasteiger partial charge on any atom is -0.310 e. The Bertz CT molecular complexity index is 2310. The lowest BCUT2D eigenvalue weighted by Gasteiger charge is -2.27. The van der Waals surface area contributed by atoms with Crippen LogP contribution < -0.4 is 4.90 Å². The molecular weight excluding hydrogens is 615 g/mol. The summed E-state index contributed by atoms with van der Waals surface area (Å²) < 4.78 is 0. The third-order valence-corrected chi connectivity index (χ3v) is 11.6. The number of fused-ring (bicyclic) bond motifs is 6. The molecule has 0 aliphatic heterocycles. The Morgan fingerprint density at radius 3 is 1.16 bits per heavy atom. The number of nitrogens with zero attached hydrogens (tertiary/aromatic N) is 1. The molecule has 0 unspecified atom stereocenters. The molecule has 9 rings (SSSR count).